The van der Waals surface area contributed by atoms with Crippen LogP contribution >= 0.6 is 0 Å². The van der Waals surface area contributed by atoms with Gasteiger partial charge in [0.05, 0.1) is 21.9 Å². The van der Waals surface area contributed by atoms with Crippen molar-refractivity contribution in [2.45, 2.75) is 37.8 Å². The van der Waals surface area contributed by atoms with E-state index in [0.29, 0.717) is 49.9 Å². The molecule has 2 heterocycles. The zero-order chi connectivity index (χ0) is 27.2. The van der Waals surface area contributed by atoms with Gasteiger partial charge < -0.3 is 19.3 Å². The molecule has 0 radical (unpaired) electrons. The number of carbonyl (C=O) groups is 3. The predicted octanol–water partition coefficient (Wildman–Crippen LogP) is 3.68. The largest absolute Gasteiger partial charge is 0.508 e. The maximum Gasteiger partial charge on any atom is 0.508 e. The molecule has 2 unspecified atom stereocenters. The molecule has 2 atom stereocenters. The van der Waals surface area contributed by atoms with Crippen LogP contribution in [0.15, 0.2) is 48.5 Å². The first-order valence-corrected chi connectivity index (χ1v) is 12.1. The zero-order valence-corrected chi connectivity index (χ0v) is 20.4. The summed E-state index contributed by atoms with van der Waals surface area (Å²) in [4.78, 5) is 61.4. The third-order valence-corrected chi connectivity index (χ3v) is 6.67. The highest BCUT2D eigenvalue weighted by atomic mass is 16.7. The number of nitro benzene ring substituents is 2. The van der Waals surface area contributed by atoms with Crippen LogP contribution in [0, 0.1) is 20.2 Å². The van der Waals surface area contributed by atoms with Crippen molar-refractivity contribution < 1.29 is 33.7 Å². The first kappa shape index (κ1) is 26.5. The minimum atomic E-state index is -1.01. The van der Waals surface area contributed by atoms with Crippen LogP contribution in [0.3, 0.4) is 0 Å². The molecule has 2 amide bonds. The van der Waals surface area contributed by atoms with Crippen molar-refractivity contribution in [3.8, 4) is 0 Å². The number of hydrogen-bond donors (Lipinski definition) is 0. The molecule has 13 nitrogen and oxygen atoms in total. The number of ether oxygens (including phenoxy) is 2. The molecule has 2 aromatic carbocycles. The maximum atomic E-state index is 12.6. The molecule has 0 aromatic heterocycles. The monoisotopic (exact) mass is 526 g/mol. The smallest absolute Gasteiger partial charge is 0.432 e. The molecule has 2 saturated heterocycles. The molecule has 0 N–H and O–H groups in total. The minimum Gasteiger partial charge on any atom is -0.432 e. The summed E-state index contributed by atoms with van der Waals surface area (Å²) in [6, 6.07) is 10.1. The van der Waals surface area contributed by atoms with Gasteiger partial charge in [-0.25, -0.2) is 4.79 Å². The average molecular weight is 527 g/mol. The van der Waals surface area contributed by atoms with Crippen LogP contribution < -0.4 is 0 Å². The van der Waals surface area contributed by atoms with Crippen LogP contribution in [-0.4, -0.2) is 63.9 Å². The van der Waals surface area contributed by atoms with Crippen LogP contribution in [0.1, 0.15) is 48.9 Å². The molecule has 2 aromatic rings. The Kier molecular flexibility index (Phi) is 8.14. The first-order chi connectivity index (χ1) is 18.2. The van der Waals surface area contributed by atoms with E-state index >= 15 is 0 Å². The normalized spacial score (nSPS) is 16.8. The van der Waals surface area contributed by atoms with E-state index in [2.05, 4.69) is 0 Å². The number of rotatable bonds is 10. The van der Waals surface area contributed by atoms with Gasteiger partial charge in [-0.15, -0.1) is 0 Å². The lowest BCUT2D eigenvalue weighted by Gasteiger charge is -2.29. The highest BCUT2D eigenvalue weighted by Gasteiger charge is 2.32. The molecule has 2 aliphatic heterocycles. The Morgan fingerprint density at radius 3 is 1.39 bits per heavy atom. The van der Waals surface area contributed by atoms with Crippen molar-refractivity contribution in [3.05, 3.63) is 79.9 Å². The van der Waals surface area contributed by atoms with E-state index in [1.54, 1.807) is 9.80 Å². The van der Waals surface area contributed by atoms with Gasteiger partial charge in [-0.3, -0.25) is 29.8 Å². The zero-order valence-electron chi connectivity index (χ0n) is 20.4. The van der Waals surface area contributed by atoms with Crippen molar-refractivity contribution >= 4 is 29.3 Å². The lowest BCUT2D eigenvalue weighted by Crippen LogP contribution is -2.35. The van der Waals surface area contributed by atoms with Crippen molar-refractivity contribution in [2.24, 2.45) is 0 Å². The number of hydrogen-bond acceptors (Lipinski definition) is 9. The van der Waals surface area contributed by atoms with Crippen LogP contribution in [0.4, 0.5) is 16.2 Å². The summed E-state index contributed by atoms with van der Waals surface area (Å²) in [5.74, 6) is -0.229. The summed E-state index contributed by atoms with van der Waals surface area (Å²) in [5.41, 5.74) is 0.943. The number of likely N-dealkylation sites (tertiary alicyclic amines) is 2. The second-order valence-electron chi connectivity index (χ2n) is 8.98. The van der Waals surface area contributed by atoms with E-state index in [4.69, 9.17) is 9.47 Å². The quantitative estimate of drug-likeness (QED) is 0.255. The topological polar surface area (TPSA) is 162 Å². The number of nitro groups is 2. The van der Waals surface area contributed by atoms with Gasteiger partial charge >= 0.3 is 6.16 Å². The van der Waals surface area contributed by atoms with Crippen molar-refractivity contribution in [1.82, 2.24) is 9.80 Å². The van der Waals surface area contributed by atoms with Gasteiger partial charge in [0.15, 0.2) is 0 Å². The Morgan fingerprint density at radius 1 is 0.737 bits per heavy atom. The average Bonchev–Trinajstić information content (AvgIpc) is 3.53. The van der Waals surface area contributed by atoms with Crippen molar-refractivity contribution in [2.75, 3.05) is 26.3 Å². The van der Waals surface area contributed by atoms with E-state index in [1.165, 1.54) is 48.5 Å². The highest BCUT2D eigenvalue weighted by molar-refractivity contribution is 5.79. The van der Waals surface area contributed by atoms with Crippen molar-refractivity contribution in [1.29, 1.82) is 0 Å². The van der Waals surface area contributed by atoms with E-state index in [0.717, 1.165) is 0 Å². The Bertz CT molecular complexity index is 1120. The summed E-state index contributed by atoms with van der Waals surface area (Å²) < 4.78 is 10.7. The predicted molar refractivity (Wildman–Crippen MR) is 131 cm³/mol. The fourth-order valence-corrected chi connectivity index (χ4v) is 4.70. The summed E-state index contributed by atoms with van der Waals surface area (Å²) >= 11 is 0. The number of amides is 2. The summed E-state index contributed by atoms with van der Waals surface area (Å²) in [7, 11) is 0. The molecule has 0 bridgehead atoms. The highest BCUT2D eigenvalue weighted by Crippen LogP contribution is 2.30. The lowest BCUT2D eigenvalue weighted by molar-refractivity contribution is -0.385. The molecule has 200 valence electrons. The molecule has 2 aliphatic rings. The molecular weight excluding hydrogens is 500 g/mol. The number of benzene rings is 2. The molecule has 0 saturated carbocycles. The van der Waals surface area contributed by atoms with E-state index in [9.17, 15) is 34.6 Å². The van der Waals surface area contributed by atoms with Crippen LogP contribution in [0.2, 0.25) is 0 Å². The number of nitrogens with zero attached hydrogens (tertiary/aromatic N) is 4. The van der Waals surface area contributed by atoms with Gasteiger partial charge in [0, 0.05) is 50.2 Å². The summed E-state index contributed by atoms with van der Waals surface area (Å²) in [6.45, 7) is 0.455. The molecule has 38 heavy (non-hydrogen) atoms. The standard InChI is InChI=1S/C25H26N4O9/c30-23-3-1-13-26(23)21(17-5-9-19(10-6-17)28(33)34)15-37-25(32)38-16-22(27-14-2-4-24(27)31)18-7-11-20(12-8-18)29(35)36/h5-12,21-22H,1-4,13-16H2. The Hall–Kier alpha value is -4.55. The van der Waals surface area contributed by atoms with Crippen LogP contribution in [-0.2, 0) is 19.1 Å². The van der Waals surface area contributed by atoms with Gasteiger partial charge in [0.1, 0.15) is 13.2 Å². The molecular formula is C25H26N4O9. The van der Waals surface area contributed by atoms with Crippen LogP contribution in [0.25, 0.3) is 0 Å². The fraction of sp³-hybridized carbons (Fsp3) is 0.400. The molecule has 0 aliphatic carbocycles. The third-order valence-electron chi connectivity index (χ3n) is 6.67. The van der Waals surface area contributed by atoms with Gasteiger partial charge in [-0.2, -0.15) is 0 Å². The summed E-state index contributed by atoms with van der Waals surface area (Å²) in [6.07, 6.45) is 0.993. The fourth-order valence-electron chi connectivity index (χ4n) is 4.70. The minimum absolute atomic E-state index is 0.102. The lowest BCUT2D eigenvalue weighted by atomic mass is 10.1. The number of carbonyl (C=O) groups excluding carboxylic acids is 3. The summed E-state index contributed by atoms with van der Waals surface area (Å²) in [5, 5.41) is 22.0. The molecule has 0 spiro atoms. The number of non-ortho nitro benzene ring substituents is 2. The van der Waals surface area contributed by atoms with Crippen molar-refractivity contribution in [3.63, 3.8) is 0 Å². The third kappa shape index (κ3) is 6.05. The Labute approximate surface area is 217 Å². The van der Waals surface area contributed by atoms with Gasteiger partial charge in [-0.05, 0) is 24.0 Å². The van der Waals surface area contributed by atoms with E-state index < -0.39 is 28.1 Å². The second kappa shape index (κ2) is 11.7. The van der Waals surface area contributed by atoms with Crippen LogP contribution in [0.5, 0.6) is 0 Å². The molecule has 4 rings (SSSR count). The Balaban J connectivity index is 1.43. The van der Waals surface area contributed by atoms with E-state index in [-0.39, 0.29) is 36.4 Å². The second-order valence-corrected chi connectivity index (χ2v) is 8.98. The SMILES string of the molecule is O=C(OCC(c1ccc([N+](=O)[O-])cc1)N1CCCC1=O)OCC(c1ccc([N+](=O)[O-])cc1)N1CCCC1=O. The molecule has 13 heteroatoms. The van der Waals surface area contributed by atoms with Gasteiger partial charge in [0.2, 0.25) is 11.8 Å². The maximum absolute atomic E-state index is 12.6. The first-order valence-electron chi connectivity index (χ1n) is 12.1. The van der Waals surface area contributed by atoms with Gasteiger partial charge in [0.25, 0.3) is 11.4 Å². The Morgan fingerprint density at radius 2 is 1.11 bits per heavy atom. The van der Waals surface area contributed by atoms with E-state index in [1.807, 2.05) is 0 Å². The molecule has 2 fully saturated rings. The van der Waals surface area contributed by atoms with Gasteiger partial charge in [-0.1, -0.05) is 24.3 Å².